The van der Waals surface area contributed by atoms with Gasteiger partial charge in [-0.25, -0.2) is 4.98 Å². The molecule has 2 aromatic carbocycles. The van der Waals surface area contributed by atoms with Crippen LogP contribution in [0.2, 0.25) is 5.04 Å². The second kappa shape index (κ2) is 14.4. The number of nitrogen functional groups attached to an aromatic ring is 1. The minimum absolute atomic E-state index is 0.0799. The number of nitrogens with zero attached hydrogens (tertiary/aromatic N) is 5. The molecule has 48 heavy (non-hydrogen) atoms. The van der Waals surface area contributed by atoms with E-state index in [2.05, 4.69) is 114 Å². The van der Waals surface area contributed by atoms with Gasteiger partial charge in [0, 0.05) is 30.5 Å². The molecule has 0 aliphatic heterocycles. The average molecular weight is 667 g/mol. The number of ether oxygens (including phenoxy) is 1. The van der Waals surface area contributed by atoms with E-state index in [0.717, 1.165) is 36.0 Å². The fraction of sp³-hybridized carbons (Fsp3) is 0.405. The van der Waals surface area contributed by atoms with Gasteiger partial charge in [0.1, 0.15) is 16.8 Å². The average Bonchev–Trinajstić information content (AvgIpc) is 3.45. The molecule has 0 bridgehead atoms. The zero-order chi connectivity index (χ0) is 34.5. The van der Waals surface area contributed by atoms with Crippen LogP contribution in [-0.2, 0) is 16.5 Å². The molecular formula is C37H50N8O2Si. The molecule has 0 spiro atoms. The Labute approximate surface area is 285 Å². The van der Waals surface area contributed by atoms with Crippen molar-refractivity contribution in [2.75, 3.05) is 24.8 Å². The van der Waals surface area contributed by atoms with E-state index in [9.17, 15) is 0 Å². The van der Waals surface area contributed by atoms with Crippen molar-refractivity contribution in [2.45, 2.75) is 84.0 Å². The van der Waals surface area contributed by atoms with Gasteiger partial charge in [-0.1, -0.05) is 94.8 Å². The summed E-state index contributed by atoms with van der Waals surface area (Å²) >= 11 is 0. The summed E-state index contributed by atoms with van der Waals surface area (Å²) in [6, 6.07) is 23.5. The van der Waals surface area contributed by atoms with E-state index in [1.807, 2.05) is 24.6 Å². The first-order valence-electron chi connectivity index (χ1n) is 16.7. The molecule has 1 unspecified atom stereocenters. The molecular weight excluding hydrogens is 617 g/mol. The first kappa shape index (κ1) is 35.0. The number of nitrogens with one attached hydrogen (secondary N) is 1. The van der Waals surface area contributed by atoms with Crippen LogP contribution in [0.5, 0.6) is 5.75 Å². The molecule has 254 valence electrons. The van der Waals surface area contributed by atoms with E-state index in [-0.39, 0.29) is 17.0 Å². The van der Waals surface area contributed by atoms with Crippen molar-refractivity contribution in [2.24, 2.45) is 5.73 Å². The molecule has 3 aromatic heterocycles. The summed E-state index contributed by atoms with van der Waals surface area (Å²) in [6.45, 7) is 13.9. The van der Waals surface area contributed by atoms with Crippen LogP contribution in [0, 0.1) is 0 Å². The molecule has 0 radical (unpaired) electrons. The predicted octanol–water partition coefficient (Wildman–Crippen LogP) is 5.60. The zero-order valence-corrected chi connectivity index (χ0v) is 30.3. The topological polar surface area (TPSA) is 139 Å². The number of nitrogens with two attached hydrogens (primary N) is 2. The van der Waals surface area contributed by atoms with E-state index < -0.39 is 13.9 Å². The second-order valence-corrected chi connectivity index (χ2v) is 18.3. The summed E-state index contributed by atoms with van der Waals surface area (Å²) in [5, 5.41) is 10.8. The standard InChI is InChI=1S/C37H50N8O2Si/c1-8-15-27(20-21-47-48(36(2,3)4,28-16-11-9-12-17-28)29-18-13-10-14-19-29)42-34-33-30(43-35(38)44-34)24-41-45(33)25-26-23-40-32(37(5,6)39)22-31(26)46-7/h9-14,16-19,22-24,27H,8,15,20-21,25,39H2,1-7H3,(H3,38,42,43,44). The quantitative estimate of drug-likeness (QED) is 0.129. The normalized spacial score (nSPS) is 13.1. The summed E-state index contributed by atoms with van der Waals surface area (Å²) in [5.41, 5.74) is 15.0. The lowest BCUT2D eigenvalue weighted by molar-refractivity contribution is 0.281. The Balaban J connectivity index is 1.44. The van der Waals surface area contributed by atoms with Gasteiger partial charge in [-0.3, -0.25) is 9.67 Å². The molecule has 5 N–H and O–H groups in total. The van der Waals surface area contributed by atoms with Gasteiger partial charge >= 0.3 is 0 Å². The number of hydrogen-bond donors (Lipinski definition) is 3. The van der Waals surface area contributed by atoms with Crippen molar-refractivity contribution in [1.82, 2.24) is 24.7 Å². The van der Waals surface area contributed by atoms with E-state index in [1.165, 1.54) is 10.4 Å². The lowest BCUT2D eigenvalue weighted by Gasteiger charge is -2.43. The van der Waals surface area contributed by atoms with Gasteiger partial charge in [0.15, 0.2) is 5.82 Å². The van der Waals surface area contributed by atoms with Crippen LogP contribution in [0.3, 0.4) is 0 Å². The summed E-state index contributed by atoms with van der Waals surface area (Å²) < 4.78 is 14.8. The molecule has 5 aromatic rings. The third-order valence-electron chi connectivity index (χ3n) is 8.83. The fourth-order valence-electron chi connectivity index (χ4n) is 6.47. The third-order valence-corrected chi connectivity index (χ3v) is 13.9. The first-order valence-corrected chi connectivity index (χ1v) is 18.6. The zero-order valence-electron chi connectivity index (χ0n) is 29.3. The maximum atomic E-state index is 7.23. The number of anilines is 2. The molecule has 5 rings (SSSR count). The van der Waals surface area contributed by atoms with Crippen molar-refractivity contribution < 1.29 is 9.16 Å². The molecule has 1 atom stereocenters. The molecule has 10 nitrogen and oxygen atoms in total. The first-order chi connectivity index (χ1) is 22.9. The largest absolute Gasteiger partial charge is 0.496 e. The SMILES string of the molecule is CCCC(CCO[Si](c1ccccc1)(c1ccccc1)C(C)(C)C)Nc1nc(N)nc2cnn(Cc3cnc(C(C)(C)N)cc3OC)c12. The number of benzene rings is 2. The number of aromatic nitrogens is 5. The lowest BCUT2D eigenvalue weighted by atomic mass is 10.0. The van der Waals surface area contributed by atoms with Crippen molar-refractivity contribution >= 4 is 41.5 Å². The molecule has 0 amide bonds. The molecule has 0 aliphatic carbocycles. The third kappa shape index (κ3) is 7.38. The van der Waals surface area contributed by atoms with Crippen LogP contribution >= 0.6 is 0 Å². The van der Waals surface area contributed by atoms with Crippen molar-refractivity contribution in [3.63, 3.8) is 0 Å². The van der Waals surface area contributed by atoms with Gasteiger partial charge in [-0.2, -0.15) is 10.1 Å². The maximum Gasteiger partial charge on any atom is 0.261 e. The van der Waals surface area contributed by atoms with E-state index in [0.29, 0.717) is 30.2 Å². The van der Waals surface area contributed by atoms with Crippen LogP contribution in [0.25, 0.3) is 11.0 Å². The highest BCUT2D eigenvalue weighted by Crippen LogP contribution is 2.37. The minimum atomic E-state index is -2.66. The number of hydrogen-bond acceptors (Lipinski definition) is 9. The van der Waals surface area contributed by atoms with Gasteiger partial charge in [-0.15, -0.1) is 0 Å². The smallest absolute Gasteiger partial charge is 0.261 e. The van der Waals surface area contributed by atoms with Crippen LogP contribution in [-0.4, -0.2) is 52.8 Å². The predicted molar refractivity (Wildman–Crippen MR) is 197 cm³/mol. The summed E-state index contributed by atoms with van der Waals surface area (Å²) in [5.74, 6) is 1.53. The van der Waals surface area contributed by atoms with E-state index >= 15 is 0 Å². The summed E-state index contributed by atoms with van der Waals surface area (Å²) in [4.78, 5) is 13.8. The van der Waals surface area contributed by atoms with E-state index in [4.69, 9.17) is 20.6 Å². The van der Waals surface area contributed by atoms with Gasteiger partial charge in [0.2, 0.25) is 5.95 Å². The highest BCUT2D eigenvalue weighted by molar-refractivity contribution is 6.99. The van der Waals surface area contributed by atoms with Crippen LogP contribution in [0.4, 0.5) is 11.8 Å². The molecule has 0 fully saturated rings. The number of rotatable bonds is 14. The molecule has 0 saturated heterocycles. The van der Waals surface area contributed by atoms with Crippen molar-refractivity contribution in [3.8, 4) is 5.75 Å². The lowest BCUT2D eigenvalue weighted by Crippen LogP contribution is -2.66. The highest BCUT2D eigenvalue weighted by atomic mass is 28.4. The number of pyridine rings is 1. The highest BCUT2D eigenvalue weighted by Gasteiger charge is 2.50. The number of methoxy groups -OCH3 is 1. The maximum absolute atomic E-state index is 7.23. The Morgan fingerprint density at radius 2 is 1.56 bits per heavy atom. The van der Waals surface area contributed by atoms with E-state index in [1.54, 1.807) is 19.5 Å². The van der Waals surface area contributed by atoms with Crippen LogP contribution in [0.1, 0.15) is 72.1 Å². The fourth-order valence-corrected chi connectivity index (χ4v) is 11.1. The summed E-state index contributed by atoms with van der Waals surface area (Å²) in [6.07, 6.45) is 6.22. The molecule has 11 heteroatoms. The van der Waals surface area contributed by atoms with Gasteiger partial charge in [0.05, 0.1) is 31.1 Å². The monoisotopic (exact) mass is 666 g/mol. The molecule has 0 aliphatic rings. The van der Waals surface area contributed by atoms with Gasteiger partial charge in [0.25, 0.3) is 8.32 Å². The van der Waals surface area contributed by atoms with Crippen molar-refractivity contribution in [3.05, 3.63) is 90.4 Å². The Bertz CT molecular complexity index is 1760. The van der Waals surface area contributed by atoms with Crippen molar-refractivity contribution in [1.29, 1.82) is 0 Å². The van der Waals surface area contributed by atoms with Gasteiger partial charge in [-0.05, 0) is 42.1 Å². The Morgan fingerprint density at radius 3 is 2.12 bits per heavy atom. The Morgan fingerprint density at radius 1 is 0.917 bits per heavy atom. The number of fused-ring (bicyclic) bond motifs is 1. The molecule has 3 heterocycles. The molecule has 0 saturated carbocycles. The Kier molecular flexibility index (Phi) is 10.5. The Hall–Kier alpha value is -4.32. The summed E-state index contributed by atoms with van der Waals surface area (Å²) in [7, 11) is -1.02. The second-order valence-electron chi connectivity index (χ2n) is 14.0. The van der Waals surface area contributed by atoms with Gasteiger partial charge < -0.3 is 25.9 Å². The minimum Gasteiger partial charge on any atom is -0.496 e. The van der Waals surface area contributed by atoms with Crippen LogP contribution < -0.4 is 31.9 Å². The van der Waals surface area contributed by atoms with Crippen LogP contribution in [0.15, 0.2) is 79.1 Å².